The Balaban J connectivity index is 1.97. The lowest BCUT2D eigenvalue weighted by Crippen LogP contribution is -2.44. The van der Waals surface area contributed by atoms with Crippen LogP contribution in [-0.2, 0) is 0 Å². The van der Waals surface area contributed by atoms with E-state index in [4.69, 9.17) is 0 Å². The van der Waals surface area contributed by atoms with E-state index in [2.05, 4.69) is 10.1 Å². The summed E-state index contributed by atoms with van der Waals surface area (Å²) in [6.07, 6.45) is -2.12. The molecule has 0 aliphatic heterocycles. The molecule has 0 saturated heterocycles. The number of carbonyl (C=O) groups excluding carboxylic acids is 1. The molecule has 1 aliphatic carbocycles. The van der Waals surface area contributed by atoms with Gasteiger partial charge in [0.05, 0.1) is 6.61 Å². The first-order valence-corrected chi connectivity index (χ1v) is 6.58. The molecule has 7 heteroatoms. The standard InChI is InChI=1S/C14H16F3NO3/c15-14(16,17)21-11-4-1-3-10(7-11)12(20)18-8-13(9-19)5-2-6-13/h1,3-4,7,19H,2,5-6,8-9H2,(H,18,20). The van der Waals surface area contributed by atoms with Crippen molar-refractivity contribution >= 4 is 5.91 Å². The summed E-state index contributed by atoms with van der Waals surface area (Å²) in [7, 11) is 0. The number of nitrogens with one attached hydrogen (secondary N) is 1. The first-order valence-electron chi connectivity index (χ1n) is 6.58. The number of aliphatic hydroxyl groups is 1. The van der Waals surface area contributed by atoms with Crippen LogP contribution in [0.25, 0.3) is 0 Å². The Labute approximate surface area is 119 Å². The van der Waals surface area contributed by atoms with Crippen LogP contribution in [0.2, 0.25) is 0 Å². The third kappa shape index (κ3) is 4.10. The highest BCUT2D eigenvalue weighted by Gasteiger charge is 2.36. The highest BCUT2D eigenvalue weighted by Crippen LogP contribution is 2.39. The predicted octanol–water partition coefficient (Wildman–Crippen LogP) is 2.48. The topological polar surface area (TPSA) is 58.6 Å². The molecule has 1 fully saturated rings. The first kappa shape index (κ1) is 15.6. The van der Waals surface area contributed by atoms with Gasteiger partial charge in [-0.15, -0.1) is 13.2 Å². The average Bonchev–Trinajstić information content (AvgIpc) is 2.36. The van der Waals surface area contributed by atoms with Crippen LogP contribution in [0.4, 0.5) is 13.2 Å². The molecule has 2 N–H and O–H groups in total. The quantitative estimate of drug-likeness (QED) is 0.878. The molecule has 4 nitrogen and oxygen atoms in total. The van der Waals surface area contributed by atoms with Gasteiger partial charge in [-0.25, -0.2) is 0 Å². The Kier molecular flexibility index (Phi) is 4.41. The van der Waals surface area contributed by atoms with Gasteiger partial charge in [-0.1, -0.05) is 12.5 Å². The fourth-order valence-electron chi connectivity index (χ4n) is 2.27. The molecule has 0 radical (unpaired) electrons. The fraction of sp³-hybridized carbons (Fsp3) is 0.500. The number of hydrogen-bond acceptors (Lipinski definition) is 3. The van der Waals surface area contributed by atoms with Crippen molar-refractivity contribution < 1.29 is 27.8 Å². The number of rotatable bonds is 5. The zero-order valence-electron chi connectivity index (χ0n) is 11.2. The second-order valence-electron chi connectivity index (χ2n) is 5.27. The summed E-state index contributed by atoms with van der Waals surface area (Å²) in [5.74, 6) is -0.919. The number of alkyl halides is 3. The number of carbonyl (C=O) groups is 1. The normalized spacial score (nSPS) is 17.0. The van der Waals surface area contributed by atoms with E-state index < -0.39 is 18.0 Å². The van der Waals surface area contributed by atoms with Crippen LogP contribution in [0, 0.1) is 5.41 Å². The first-order chi connectivity index (χ1) is 9.84. The van der Waals surface area contributed by atoms with E-state index in [1.54, 1.807) is 0 Å². The molecule has 21 heavy (non-hydrogen) atoms. The van der Waals surface area contributed by atoms with Crippen molar-refractivity contribution in [3.05, 3.63) is 29.8 Å². The van der Waals surface area contributed by atoms with Crippen molar-refractivity contribution in [2.24, 2.45) is 5.41 Å². The number of hydrogen-bond donors (Lipinski definition) is 2. The third-order valence-corrected chi connectivity index (χ3v) is 3.70. The van der Waals surface area contributed by atoms with Gasteiger partial charge in [-0.3, -0.25) is 4.79 Å². The molecule has 2 rings (SSSR count). The lowest BCUT2D eigenvalue weighted by Gasteiger charge is -2.40. The molecular formula is C14H16F3NO3. The van der Waals surface area contributed by atoms with Crippen LogP contribution >= 0.6 is 0 Å². The van der Waals surface area contributed by atoms with Crippen LogP contribution in [-0.4, -0.2) is 30.5 Å². The van der Waals surface area contributed by atoms with Crippen molar-refractivity contribution in [3.63, 3.8) is 0 Å². The molecule has 1 amide bonds. The number of halogens is 3. The molecule has 1 aliphatic rings. The minimum Gasteiger partial charge on any atom is -0.406 e. The van der Waals surface area contributed by atoms with Crippen LogP contribution in [0.5, 0.6) is 5.75 Å². The summed E-state index contributed by atoms with van der Waals surface area (Å²) in [5.41, 5.74) is -0.195. The maximum atomic E-state index is 12.1. The summed E-state index contributed by atoms with van der Waals surface area (Å²) < 4.78 is 40.2. The lowest BCUT2D eigenvalue weighted by molar-refractivity contribution is -0.274. The smallest absolute Gasteiger partial charge is 0.406 e. The molecule has 0 bridgehead atoms. The second-order valence-corrected chi connectivity index (χ2v) is 5.27. The van der Waals surface area contributed by atoms with Gasteiger partial charge in [0.1, 0.15) is 5.75 Å². The van der Waals surface area contributed by atoms with Gasteiger partial charge in [0.25, 0.3) is 5.91 Å². The van der Waals surface area contributed by atoms with Crippen molar-refractivity contribution in [3.8, 4) is 5.75 Å². The summed E-state index contributed by atoms with van der Waals surface area (Å²) >= 11 is 0. The lowest BCUT2D eigenvalue weighted by atomic mass is 9.69. The van der Waals surface area contributed by atoms with Crippen molar-refractivity contribution in [1.82, 2.24) is 5.32 Å². The maximum absolute atomic E-state index is 12.1. The van der Waals surface area contributed by atoms with Gasteiger partial charge in [0.15, 0.2) is 0 Å². The van der Waals surface area contributed by atoms with Gasteiger partial charge >= 0.3 is 6.36 Å². The monoisotopic (exact) mass is 303 g/mol. The molecule has 1 aromatic rings. The molecule has 1 aromatic carbocycles. The van der Waals surface area contributed by atoms with Crippen LogP contribution < -0.4 is 10.1 Å². The zero-order valence-corrected chi connectivity index (χ0v) is 11.2. The van der Waals surface area contributed by atoms with Crippen LogP contribution in [0.3, 0.4) is 0 Å². The summed E-state index contributed by atoms with van der Waals surface area (Å²) in [6.45, 7) is 0.303. The molecule has 0 atom stereocenters. The van der Waals surface area contributed by atoms with Gasteiger partial charge in [0.2, 0.25) is 0 Å². The van der Waals surface area contributed by atoms with E-state index >= 15 is 0 Å². The van der Waals surface area contributed by atoms with E-state index in [9.17, 15) is 23.1 Å². The van der Waals surface area contributed by atoms with Crippen LogP contribution in [0.15, 0.2) is 24.3 Å². The number of aliphatic hydroxyl groups excluding tert-OH is 1. The Hall–Kier alpha value is -1.76. The van der Waals surface area contributed by atoms with Crippen LogP contribution in [0.1, 0.15) is 29.6 Å². The van der Waals surface area contributed by atoms with Crippen molar-refractivity contribution in [1.29, 1.82) is 0 Å². The van der Waals surface area contributed by atoms with Crippen molar-refractivity contribution in [2.75, 3.05) is 13.2 Å². The third-order valence-electron chi connectivity index (χ3n) is 3.70. The number of amides is 1. The van der Waals surface area contributed by atoms with E-state index in [-0.39, 0.29) is 17.6 Å². The molecule has 1 saturated carbocycles. The van der Waals surface area contributed by atoms with Crippen molar-refractivity contribution in [2.45, 2.75) is 25.6 Å². The number of ether oxygens (including phenoxy) is 1. The minimum atomic E-state index is -4.79. The Morgan fingerprint density at radius 2 is 2.10 bits per heavy atom. The zero-order chi connectivity index (χ0) is 15.5. The van der Waals surface area contributed by atoms with Gasteiger partial charge in [0, 0.05) is 17.5 Å². The second kappa shape index (κ2) is 5.93. The molecule has 0 unspecified atom stereocenters. The largest absolute Gasteiger partial charge is 0.573 e. The maximum Gasteiger partial charge on any atom is 0.573 e. The molecule has 0 heterocycles. The summed E-state index contributed by atoms with van der Waals surface area (Å²) in [5, 5.41) is 11.9. The van der Waals surface area contributed by atoms with E-state index in [1.807, 2.05) is 0 Å². The highest BCUT2D eigenvalue weighted by molar-refractivity contribution is 5.94. The van der Waals surface area contributed by atoms with Gasteiger partial charge in [-0.2, -0.15) is 0 Å². The Bertz CT molecular complexity index is 507. The Morgan fingerprint density at radius 1 is 1.38 bits per heavy atom. The Morgan fingerprint density at radius 3 is 2.62 bits per heavy atom. The molecule has 116 valence electrons. The van der Waals surface area contributed by atoms with Gasteiger partial charge < -0.3 is 15.2 Å². The van der Waals surface area contributed by atoms with Gasteiger partial charge in [-0.05, 0) is 31.0 Å². The highest BCUT2D eigenvalue weighted by atomic mass is 19.4. The fourth-order valence-corrected chi connectivity index (χ4v) is 2.27. The average molecular weight is 303 g/mol. The predicted molar refractivity (Wildman–Crippen MR) is 68.8 cm³/mol. The summed E-state index contributed by atoms with van der Waals surface area (Å²) in [4.78, 5) is 11.9. The van der Waals surface area contributed by atoms with E-state index in [0.29, 0.717) is 6.54 Å². The minimum absolute atomic E-state index is 0.00942. The molecular weight excluding hydrogens is 287 g/mol. The number of benzene rings is 1. The SMILES string of the molecule is O=C(NCC1(CO)CCC1)c1cccc(OC(F)(F)F)c1. The molecule has 0 spiro atoms. The van der Waals surface area contributed by atoms with E-state index in [1.165, 1.54) is 12.1 Å². The van der Waals surface area contributed by atoms with E-state index in [0.717, 1.165) is 31.4 Å². The summed E-state index contributed by atoms with van der Waals surface area (Å²) in [6, 6.07) is 4.90. The molecule has 0 aromatic heterocycles.